The van der Waals surface area contributed by atoms with Crippen LogP contribution >= 0.6 is 0 Å². The van der Waals surface area contributed by atoms with Crippen molar-refractivity contribution >= 4 is 59.5 Å². The molecule has 0 aliphatic heterocycles. The minimum atomic E-state index is -1.12. The van der Waals surface area contributed by atoms with Gasteiger partial charge >= 0.3 is 0 Å². The van der Waals surface area contributed by atoms with Gasteiger partial charge in [0.1, 0.15) is 20.4 Å². The third-order valence-corrected chi connectivity index (χ3v) is 3.44. The SMILES string of the molecule is N/C(=N\[N+](=O)[O-])NNc1nc(/N=N/c2nc(NN/C(N)=N/[N+](=O)[O-])nc(NN/C(N)=N/[N+](=O)[O-])n2)nc(NN/C(N)=N/[N+](=O)[O-])n1. The minimum absolute atomic E-state index is 0.464. The van der Waals surface area contributed by atoms with E-state index in [0.29, 0.717) is 0 Å². The Balaban J connectivity index is 2.44. The molecule has 0 unspecified atom stereocenters. The van der Waals surface area contributed by atoms with E-state index in [0.717, 1.165) is 0 Å². The Hall–Kier alpha value is -8.50. The minimum Gasteiger partial charge on any atom is -0.363 e. The van der Waals surface area contributed by atoms with Crippen molar-refractivity contribution in [2.45, 2.75) is 0 Å². The van der Waals surface area contributed by atoms with Crippen LogP contribution in [0, 0.1) is 40.5 Å². The van der Waals surface area contributed by atoms with Crippen LogP contribution in [-0.2, 0) is 0 Å². The number of nitrogens with zero attached hydrogens (tertiary/aromatic N) is 16. The molecule has 0 aromatic carbocycles. The number of nitro groups is 4. The van der Waals surface area contributed by atoms with Gasteiger partial charge in [-0.25, -0.2) is 40.5 Å². The van der Waals surface area contributed by atoms with E-state index < -0.39 is 79.7 Å². The first kappa shape index (κ1) is 33.7. The number of anilines is 4. The average molecular weight is 656 g/mol. The standard InChI is InChI=1S/C10H16N28O8/c11-1(31-35(39)40)21-25-5-15-6(26-22-2(12)32-36(41)42)18-9(17-5)29-30-10-19-7(27-23-3(13)33-37(43)44)16-8(20-10)28-24-4(14)34-38(45)46/h(H3,11,21,31)(H3,12,22,32)(H3,13,23,33)(H3,14,24,34)(H2,15,17,18,25,26)(H2,16,19,20,27,28)/b30-29+. The van der Waals surface area contributed by atoms with Gasteiger partial charge in [0.25, 0.3) is 35.7 Å². The molecular weight excluding hydrogens is 640 g/mol. The zero-order chi connectivity index (χ0) is 34.2. The van der Waals surface area contributed by atoms with Crippen molar-refractivity contribution < 1.29 is 20.1 Å². The van der Waals surface area contributed by atoms with Gasteiger partial charge in [-0.3, -0.25) is 43.4 Å². The van der Waals surface area contributed by atoms with Crippen LogP contribution in [0.25, 0.3) is 0 Å². The Morgan fingerprint density at radius 2 is 0.674 bits per heavy atom. The quantitative estimate of drug-likeness (QED) is 0.0296. The third-order valence-electron chi connectivity index (χ3n) is 3.44. The molecule has 2 rings (SSSR count). The largest absolute Gasteiger partial charge is 0.363 e. The fourth-order valence-corrected chi connectivity index (χ4v) is 2.06. The first-order valence-electron chi connectivity index (χ1n) is 10.6. The molecule has 16 N–H and O–H groups in total. The van der Waals surface area contributed by atoms with Crippen molar-refractivity contribution in [3.8, 4) is 0 Å². The highest BCUT2D eigenvalue weighted by atomic mass is 16.7. The van der Waals surface area contributed by atoms with Crippen molar-refractivity contribution in [1.29, 1.82) is 0 Å². The number of hydrogen-bond donors (Lipinski definition) is 12. The molecule has 0 spiro atoms. The van der Waals surface area contributed by atoms with E-state index in [4.69, 9.17) is 22.9 Å². The molecule has 0 aliphatic rings. The summed E-state index contributed by atoms with van der Waals surface area (Å²) in [4.78, 5) is 64.6. The molecule has 36 heteroatoms. The van der Waals surface area contributed by atoms with E-state index in [9.17, 15) is 40.5 Å². The lowest BCUT2D eigenvalue weighted by Gasteiger charge is -2.09. The summed E-state index contributed by atoms with van der Waals surface area (Å²) in [5.74, 6) is -6.00. The number of guanidine groups is 4. The van der Waals surface area contributed by atoms with Crippen molar-refractivity contribution in [3.05, 3.63) is 40.5 Å². The molecule has 0 atom stereocenters. The van der Waals surface area contributed by atoms with Crippen molar-refractivity contribution in [2.24, 2.45) is 53.6 Å². The van der Waals surface area contributed by atoms with E-state index in [2.05, 4.69) is 104 Å². The van der Waals surface area contributed by atoms with Crippen LogP contribution in [0.15, 0.2) is 30.6 Å². The van der Waals surface area contributed by atoms with Gasteiger partial charge in [0, 0.05) is 0 Å². The van der Waals surface area contributed by atoms with E-state index in [-0.39, 0.29) is 0 Å². The highest BCUT2D eigenvalue weighted by molar-refractivity contribution is 5.79. The van der Waals surface area contributed by atoms with Gasteiger partial charge in [0.05, 0.1) is 0 Å². The maximum absolute atomic E-state index is 10.5. The molecule has 0 amide bonds. The first-order valence-corrected chi connectivity index (χ1v) is 10.6. The zero-order valence-electron chi connectivity index (χ0n) is 21.7. The number of hydrazone groups is 4. The highest BCUT2D eigenvalue weighted by Crippen LogP contribution is 2.16. The predicted molar refractivity (Wildman–Crippen MR) is 145 cm³/mol. The highest BCUT2D eigenvalue weighted by Gasteiger charge is 2.12. The van der Waals surface area contributed by atoms with Crippen LogP contribution in [0.2, 0.25) is 0 Å². The Kier molecular flexibility index (Phi) is 11.8. The number of nitrogens with one attached hydrogen (secondary N) is 8. The molecule has 0 radical (unpaired) electrons. The van der Waals surface area contributed by atoms with Crippen LogP contribution in [0.5, 0.6) is 0 Å². The number of hydrazine groups is 4. The van der Waals surface area contributed by atoms with E-state index in [1.54, 1.807) is 0 Å². The predicted octanol–water partition coefficient (Wildman–Crippen LogP) is -5.84. The summed E-state index contributed by atoms with van der Waals surface area (Å²) in [7, 11) is 0. The van der Waals surface area contributed by atoms with Gasteiger partial charge in [0.2, 0.25) is 23.8 Å². The third kappa shape index (κ3) is 13.2. The average Bonchev–Trinajstić information content (AvgIpc) is 2.94. The number of rotatable bonds is 14. The van der Waals surface area contributed by atoms with E-state index in [1.807, 2.05) is 0 Å². The van der Waals surface area contributed by atoms with Crippen LogP contribution in [0.1, 0.15) is 0 Å². The second-order valence-electron chi connectivity index (χ2n) is 6.66. The van der Waals surface area contributed by atoms with Gasteiger partial charge in [-0.15, -0.1) is 10.2 Å². The van der Waals surface area contributed by atoms with Crippen molar-refractivity contribution in [2.75, 3.05) is 21.7 Å². The molecule has 0 aliphatic carbocycles. The lowest BCUT2D eigenvalue weighted by molar-refractivity contribution is -0.485. The van der Waals surface area contributed by atoms with Crippen LogP contribution in [-0.4, -0.2) is 73.9 Å². The summed E-state index contributed by atoms with van der Waals surface area (Å²) in [6.45, 7) is 0. The lowest BCUT2D eigenvalue weighted by Crippen LogP contribution is -2.38. The molecule has 0 bridgehead atoms. The summed E-state index contributed by atoms with van der Waals surface area (Å²) >= 11 is 0. The summed E-state index contributed by atoms with van der Waals surface area (Å²) in [5, 5.41) is 55.7. The maximum Gasteiger partial charge on any atom is 0.284 e. The summed E-state index contributed by atoms with van der Waals surface area (Å²) < 4.78 is 0. The molecule has 2 heterocycles. The topological polar surface area (TPSA) is 524 Å². The molecule has 0 saturated carbocycles. The van der Waals surface area contributed by atoms with Gasteiger partial charge in [0.15, 0.2) is 20.1 Å². The number of nitrogens with two attached hydrogens (primary N) is 4. The second kappa shape index (κ2) is 16.1. The molecule has 0 saturated heterocycles. The summed E-state index contributed by atoms with van der Waals surface area (Å²) in [5.41, 5.74) is 38.3. The number of azo groups is 1. The molecule has 2 aromatic rings. The number of hydrogen-bond acceptors (Lipinski definition) is 20. The molecule has 244 valence electrons. The Morgan fingerprint density at radius 3 is 0.870 bits per heavy atom. The second-order valence-corrected chi connectivity index (χ2v) is 6.66. The van der Waals surface area contributed by atoms with Gasteiger partial charge < -0.3 is 22.9 Å². The molecule has 2 aromatic heterocycles. The van der Waals surface area contributed by atoms with Crippen molar-refractivity contribution in [1.82, 2.24) is 51.6 Å². The molecule has 36 nitrogen and oxygen atoms in total. The molecule has 0 fully saturated rings. The normalized spacial score (nSPS) is 12.1. The first-order chi connectivity index (χ1) is 21.7. The van der Waals surface area contributed by atoms with Crippen LogP contribution in [0.3, 0.4) is 0 Å². The van der Waals surface area contributed by atoms with Gasteiger partial charge in [-0.2, -0.15) is 29.9 Å². The molecule has 46 heavy (non-hydrogen) atoms. The Labute approximate surface area is 247 Å². The van der Waals surface area contributed by atoms with E-state index in [1.165, 1.54) is 0 Å². The smallest absolute Gasteiger partial charge is 0.284 e. The van der Waals surface area contributed by atoms with Gasteiger partial charge in [-0.1, -0.05) is 0 Å². The summed E-state index contributed by atoms with van der Waals surface area (Å²) in [6, 6.07) is 0. The Morgan fingerprint density at radius 1 is 0.457 bits per heavy atom. The van der Waals surface area contributed by atoms with Crippen molar-refractivity contribution in [3.63, 3.8) is 0 Å². The fraction of sp³-hybridized carbons (Fsp3) is 0. The zero-order valence-corrected chi connectivity index (χ0v) is 21.7. The van der Waals surface area contributed by atoms with Gasteiger partial charge in [-0.05, 0) is 0 Å². The van der Waals surface area contributed by atoms with Crippen LogP contribution in [0.4, 0.5) is 35.7 Å². The fourth-order valence-electron chi connectivity index (χ4n) is 2.06. The maximum atomic E-state index is 10.5. The number of aromatic nitrogens is 6. The van der Waals surface area contributed by atoms with E-state index >= 15 is 0 Å². The summed E-state index contributed by atoms with van der Waals surface area (Å²) in [6.07, 6.45) is 0. The Bertz CT molecular complexity index is 1390. The monoisotopic (exact) mass is 656 g/mol. The van der Waals surface area contributed by atoms with Crippen LogP contribution < -0.4 is 66.3 Å². The molecular formula is C10H16N28O8. The lowest BCUT2D eigenvalue weighted by atomic mass is 10.8.